The quantitative estimate of drug-likeness (QED) is 0.733. The second-order valence-electron chi connectivity index (χ2n) is 2.88. The normalized spacial score (nSPS) is 10.2. The molecule has 0 radical (unpaired) electrons. The Hall–Kier alpha value is -1.52. The summed E-state index contributed by atoms with van der Waals surface area (Å²) in [5.41, 5.74) is 6.75. The summed E-state index contributed by atoms with van der Waals surface area (Å²) < 4.78 is 6.56. The van der Waals surface area contributed by atoms with Crippen molar-refractivity contribution in [3.63, 3.8) is 0 Å². The van der Waals surface area contributed by atoms with Gasteiger partial charge in [-0.2, -0.15) is 5.10 Å². The van der Waals surface area contributed by atoms with E-state index in [0.717, 1.165) is 5.69 Å². The van der Waals surface area contributed by atoms with Crippen LogP contribution in [-0.2, 0) is 11.3 Å². The minimum atomic E-state index is -0.401. The lowest BCUT2D eigenvalue weighted by molar-refractivity contribution is 0.0526. The van der Waals surface area contributed by atoms with Gasteiger partial charge in [0.05, 0.1) is 12.3 Å². The third kappa shape index (κ3) is 1.71. The Morgan fingerprint density at radius 3 is 2.64 bits per heavy atom. The highest BCUT2D eigenvalue weighted by atomic mass is 16.5. The van der Waals surface area contributed by atoms with Crippen LogP contribution in [0.15, 0.2) is 0 Å². The zero-order valence-electron chi connectivity index (χ0n) is 8.70. The Morgan fingerprint density at radius 1 is 1.57 bits per heavy atom. The van der Waals surface area contributed by atoms with Crippen LogP contribution in [-0.4, -0.2) is 22.4 Å². The smallest absolute Gasteiger partial charge is 0.343 e. The zero-order chi connectivity index (χ0) is 10.7. The van der Waals surface area contributed by atoms with E-state index in [-0.39, 0.29) is 5.82 Å². The average Bonchev–Trinajstić information content (AvgIpc) is 2.41. The Kier molecular flexibility index (Phi) is 3.11. The number of aryl methyl sites for hydroxylation is 1. The maximum absolute atomic E-state index is 11.5. The molecule has 0 aromatic carbocycles. The summed E-state index contributed by atoms with van der Waals surface area (Å²) in [6.45, 7) is 6.53. The molecule has 1 heterocycles. The van der Waals surface area contributed by atoms with E-state index in [1.165, 1.54) is 0 Å². The molecule has 14 heavy (non-hydrogen) atoms. The summed E-state index contributed by atoms with van der Waals surface area (Å²) >= 11 is 0. The van der Waals surface area contributed by atoms with Gasteiger partial charge in [-0.3, -0.25) is 4.68 Å². The summed E-state index contributed by atoms with van der Waals surface area (Å²) in [6.07, 6.45) is 0. The van der Waals surface area contributed by atoms with Gasteiger partial charge < -0.3 is 10.5 Å². The number of nitrogen functional groups attached to an aromatic ring is 1. The van der Waals surface area contributed by atoms with Gasteiger partial charge in [0.1, 0.15) is 5.56 Å². The fraction of sp³-hybridized carbons (Fsp3) is 0.556. The second-order valence-corrected chi connectivity index (χ2v) is 2.88. The van der Waals surface area contributed by atoms with E-state index >= 15 is 0 Å². The molecular weight excluding hydrogens is 182 g/mol. The molecule has 0 saturated heterocycles. The number of rotatable bonds is 3. The van der Waals surface area contributed by atoms with Crippen LogP contribution >= 0.6 is 0 Å². The standard InChI is InChI=1S/C9H15N3O2/c1-4-12-6(3)7(8(10)11-12)9(13)14-5-2/h4-5H2,1-3H3,(H2,10,11). The number of carbonyl (C=O) groups excluding carboxylic acids is 1. The van der Waals surface area contributed by atoms with Gasteiger partial charge in [-0.05, 0) is 20.8 Å². The number of nitrogens with zero attached hydrogens (tertiary/aromatic N) is 2. The number of carbonyl (C=O) groups is 1. The molecule has 0 atom stereocenters. The molecule has 0 bridgehead atoms. The second kappa shape index (κ2) is 4.13. The summed E-state index contributed by atoms with van der Waals surface area (Å²) in [7, 11) is 0. The molecule has 0 fully saturated rings. The van der Waals surface area contributed by atoms with Crippen LogP contribution in [0.4, 0.5) is 5.82 Å². The lowest BCUT2D eigenvalue weighted by Crippen LogP contribution is -2.08. The summed E-state index contributed by atoms with van der Waals surface area (Å²) in [6, 6.07) is 0. The zero-order valence-corrected chi connectivity index (χ0v) is 8.70. The van der Waals surface area contributed by atoms with Crippen LogP contribution in [0.25, 0.3) is 0 Å². The highest BCUT2D eigenvalue weighted by Crippen LogP contribution is 2.16. The van der Waals surface area contributed by atoms with Crippen LogP contribution in [0, 0.1) is 6.92 Å². The number of aromatic nitrogens is 2. The monoisotopic (exact) mass is 197 g/mol. The largest absolute Gasteiger partial charge is 0.462 e. The topological polar surface area (TPSA) is 70.1 Å². The van der Waals surface area contributed by atoms with Gasteiger partial charge in [0, 0.05) is 6.54 Å². The molecule has 1 aromatic rings. The number of nitrogens with two attached hydrogens (primary N) is 1. The molecule has 0 spiro atoms. The Balaban J connectivity index is 3.07. The van der Waals surface area contributed by atoms with Gasteiger partial charge in [0.2, 0.25) is 0 Å². The molecule has 0 aliphatic rings. The summed E-state index contributed by atoms with van der Waals surface area (Å²) in [4.78, 5) is 11.5. The molecule has 1 aromatic heterocycles. The van der Waals surface area contributed by atoms with Gasteiger partial charge >= 0.3 is 5.97 Å². The molecule has 0 aliphatic heterocycles. The predicted molar refractivity (Wildman–Crippen MR) is 53.0 cm³/mol. The van der Waals surface area contributed by atoms with Gasteiger partial charge in [-0.1, -0.05) is 0 Å². The van der Waals surface area contributed by atoms with Crippen LogP contribution in [0.5, 0.6) is 0 Å². The number of hydrogen-bond donors (Lipinski definition) is 1. The molecule has 5 heteroatoms. The fourth-order valence-electron chi connectivity index (χ4n) is 1.33. The molecule has 0 amide bonds. The van der Waals surface area contributed by atoms with Gasteiger partial charge in [-0.15, -0.1) is 0 Å². The van der Waals surface area contributed by atoms with E-state index < -0.39 is 5.97 Å². The Morgan fingerprint density at radius 2 is 2.21 bits per heavy atom. The van der Waals surface area contributed by atoms with Crippen molar-refractivity contribution in [2.24, 2.45) is 0 Å². The number of ether oxygens (including phenoxy) is 1. The van der Waals surface area contributed by atoms with Crippen molar-refractivity contribution in [1.82, 2.24) is 9.78 Å². The third-order valence-electron chi connectivity index (χ3n) is 2.01. The Bertz CT molecular complexity index is 344. The lowest BCUT2D eigenvalue weighted by atomic mass is 10.2. The van der Waals surface area contributed by atoms with Gasteiger partial charge in [0.25, 0.3) is 0 Å². The van der Waals surface area contributed by atoms with Crippen molar-refractivity contribution >= 4 is 11.8 Å². The minimum Gasteiger partial charge on any atom is -0.462 e. The highest BCUT2D eigenvalue weighted by Gasteiger charge is 2.19. The van der Waals surface area contributed by atoms with Crippen LogP contribution in [0.1, 0.15) is 29.9 Å². The first-order valence-electron chi connectivity index (χ1n) is 4.61. The van der Waals surface area contributed by atoms with Crippen molar-refractivity contribution in [3.8, 4) is 0 Å². The van der Waals surface area contributed by atoms with Crippen molar-refractivity contribution in [1.29, 1.82) is 0 Å². The van der Waals surface area contributed by atoms with E-state index in [0.29, 0.717) is 18.7 Å². The molecule has 0 aliphatic carbocycles. The molecule has 1 rings (SSSR count). The van der Waals surface area contributed by atoms with E-state index in [1.54, 1.807) is 18.5 Å². The third-order valence-corrected chi connectivity index (χ3v) is 2.01. The number of esters is 1. The SMILES string of the molecule is CCOC(=O)c1c(N)nn(CC)c1C. The van der Waals surface area contributed by atoms with E-state index in [2.05, 4.69) is 5.10 Å². The lowest BCUT2D eigenvalue weighted by Gasteiger charge is -2.01. The van der Waals surface area contributed by atoms with Crippen LogP contribution < -0.4 is 5.73 Å². The maximum Gasteiger partial charge on any atom is 0.343 e. The van der Waals surface area contributed by atoms with Crippen LogP contribution in [0.2, 0.25) is 0 Å². The van der Waals surface area contributed by atoms with Crippen molar-refractivity contribution in [2.45, 2.75) is 27.3 Å². The summed E-state index contributed by atoms with van der Waals surface area (Å²) in [5.74, 6) is -0.162. The first-order valence-corrected chi connectivity index (χ1v) is 4.61. The minimum absolute atomic E-state index is 0.239. The molecule has 78 valence electrons. The molecule has 5 nitrogen and oxygen atoms in total. The molecule has 0 saturated carbocycles. The first kappa shape index (κ1) is 10.6. The van der Waals surface area contributed by atoms with Crippen molar-refractivity contribution in [2.75, 3.05) is 12.3 Å². The predicted octanol–water partition coefficient (Wildman–Crippen LogP) is 0.970. The van der Waals surface area contributed by atoms with Gasteiger partial charge in [0.15, 0.2) is 5.82 Å². The highest BCUT2D eigenvalue weighted by molar-refractivity contribution is 5.95. The van der Waals surface area contributed by atoms with Crippen molar-refractivity contribution < 1.29 is 9.53 Å². The fourth-order valence-corrected chi connectivity index (χ4v) is 1.33. The summed E-state index contributed by atoms with van der Waals surface area (Å²) in [5, 5.41) is 4.03. The first-order chi connectivity index (χ1) is 6.61. The van der Waals surface area contributed by atoms with E-state index in [4.69, 9.17) is 10.5 Å². The molecule has 0 unspecified atom stereocenters. The van der Waals surface area contributed by atoms with Gasteiger partial charge in [-0.25, -0.2) is 4.79 Å². The number of hydrogen-bond acceptors (Lipinski definition) is 4. The number of anilines is 1. The molecular formula is C9H15N3O2. The van der Waals surface area contributed by atoms with E-state index in [1.807, 2.05) is 6.92 Å². The van der Waals surface area contributed by atoms with Crippen LogP contribution in [0.3, 0.4) is 0 Å². The Labute approximate surface area is 82.8 Å². The molecule has 2 N–H and O–H groups in total. The van der Waals surface area contributed by atoms with E-state index in [9.17, 15) is 4.79 Å². The maximum atomic E-state index is 11.5. The van der Waals surface area contributed by atoms with Crippen molar-refractivity contribution in [3.05, 3.63) is 11.3 Å². The average molecular weight is 197 g/mol.